The van der Waals surface area contributed by atoms with Crippen molar-refractivity contribution in [1.29, 1.82) is 0 Å². The minimum Gasteiger partial charge on any atom is -0.481 e. The van der Waals surface area contributed by atoms with E-state index in [4.69, 9.17) is 0 Å². The first-order valence-electron chi connectivity index (χ1n) is 8.81. The Morgan fingerprint density at radius 2 is 2.00 bits per heavy atom. The number of carboxylic acids is 1. The molecule has 3 rings (SSSR count). The van der Waals surface area contributed by atoms with Crippen LogP contribution in [0.15, 0.2) is 24.3 Å². The van der Waals surface area contributed by atoms with E-state index in [2.05, 4.69) is 13.5 Å². The number of rotatable bonds is 2. The molecule has 0 aromatic heterocycles. The molecule has 0 radical (unpaired) electrons. The molecule has 2 saturated carbocycles. The van der Waals surface area contributed by atoms with Gasteiger partial charge in [-0.2, -0.15) is 0 Å². The molecule has 3 aliphatic carbocycles. The van der Waals surface area contributed by atoms with E-state index in [9.17, 15) is 14.7 Å². The Bertz CT molecular complexity index is 604. The van der Waals surface area contributed by atoms with Gasteiger partial charge >= 0.3 is 5.97 Å². The molecule has 0 aliphatic heterocycles. The minimum absolute atomic E-state index is 0.129. The summed E-state index contributed by atoms with van der Waals surface area (Å²) in [4.78, 5) is 24.6. The van der Waals surface area contributed by atoms with Gasteiger partial charge in [-0.3, -0.25) is 9.59 Å². The lowest BCUT2D eigenvalue weighted by molar-refractivity contribution is -0.160. The molecule has 0 spiro atoms. The van der Waals surface area contributed by atoms with Crippen LogP contribution in [-0.2, 0) is 9.59 Å². The predicted octanol–water partition coefficient (Wildman–Crippen LogP) is 4.39. The molecule has 0 bridgehead atoms. The summed E-state index contributed by atoms with van der Waals surface area (Å²) in [6, 6.07) is 0. The lowest BCUT2D eigenvalue weighted by atomic mass is 9.46. The van der Waals surface area contributed by atoms with Crippen molar-refractivity contribution >= 4 is 11.8 Å². The molecule has 0 aromatic carbocycles. The quantitative estimate of drug-likeness (QED) is 0.769. The first-order chi connectivity index (χ1) is 10.7. The third-order valence-corrected chi connectivity index (χ3v) is 7.29. The van der Waals surface area contributed by atoms with Gasteiger partial charge < -0.3 is 5.11 Å². The van der Waals surface area contributed by atoms with Gasteiger partial charge in [0.2, 0.25) is 0 Å². The smallest absolute Gasteiger partial charge is 0.309 e. The number of ketones is 1. The number of allylic oxidation sites excluding steroid dienone is 3. The monoisotopic (exact) mass is 316 g/mol. The van der Waals surface area contributed by atoms with Gasteiger partial charge in [0.15, 0.2) is 5.78 Å². The van der Waals surface area contributed by atoms with Crippen LogP contribution in [0.3, 0.4) is 0 Å². The van der Waals surface area contributed by atoms with E-state index in [1.54, 1.807) is 6.08 Å². The van der Waals surface area contributed by atoms with Gasteiger partial charge in [-0.25, -0.2) is 0 Å². The summed E-state index contributed by atoms with van der Waals surface area (Å²) in [6.45, 7) is 9.96. The maximum atomic E-state index is 12.6. The topological polar surface area (TPSA) is 54.4 Å². The summed E-state index contributed by atoms with van der Waals surface area (Å²) in [5, 5.41) is 9.82. The Morgan fingerprint density at radius 3 is 2.61 bits per heavy atom. The summed E-state index contributed by atoms with van der Waals surface area (Å²) in [5.74, 6) is -0.00787. The van der Waals surface area contributed by atoms with Crippen molar-refractivity contribution in [2.45, 2.75) is 59.3 Å². The maximum absolute atomic E-state index is 12.6. The Morgan fingerprint density at radius 1 is 1.30 bits per heavy atom. The van der Waals surface area contributed by atoms with Crippen molar-refractivity contribution in [2.24, 2.45) is 28.1 Å². The van der Waals surface area contributed by atoms with Crippen LogP contribution in [0.1, 0.15) is 59.3 Å². The number of carbonyl (C=O) groups excluding carboxylic acids is 1. The van der Waals surface area contributed by atoms with E-state index in [-0.39, 0.29) is 17.1 Å². The van der Waals surface area contributed by atoms with Crippen LogP contribution in [0.4, 0.5) is 0 Å². The standard InChI is InChI=1S/C20H28O3/c1-5-18(2)12-13-7-8-15-19(3,14(13)11-16(18)21)9-6-10-20(15,4)17(22)23/h5,11,13,15H,1,6-10,12H2,2-4H3,(H,22,23)/t13-,15+,18-,19-,20-/m0/s1. The van der Waals surface area contributed by atoms with Crippen molar-refractivity contribution in [3.05, 3.63) is 24.3 Å². The molecule has 126 valence electrons. The lowest BCUT2D eigenvalue weighted by Gasteiger charge is -2.57. The SMILES string of the molecule is C=C[C@@]1(C)C[C@@H]2CC[C@@H]3[C@@](C)(CCC[C@]3(C)C(=O)O)C2=CC1=O. The molecular formula is C20H28O3. The third-order valence-electron chi connectivity index (χ3n) is 7.29. The van der Waals surface area contributed by atoms with E-state index in [0.29, 0.717) is 5.92 Å². The van der Waals surface area contributed by atoms with Gasteiger partial charge in [-0.15, -0.1) is 6.58 Å². The fraction of sp³-hybridized carbons (Fsp3) is 0.700. The summed E-state index contributed by atoms with van der Waals surface area (Å²) in [6.07, 6.45) is 9.09. The van der Waals surface area contributed by atoms with Crippen LogP contribution in [-0.4, -0.2) is 16.9 Å². The fourth-order valence-electron chi connectivity index (χ4n) is 5.70. The zero-order chi connectivity index (χ0) is 17.0. The maximum Gasteiger partial charge on any atom is 0.309 e. The van der Waals surface area contributed by atoms with Crippen LogP contribution in [0.2, 0.25) is 0 Å². The highest BCUT2D eigenvalue weighted by molar-refractivity contribution is 5.97. The highest BCUT2D eigenvalue weighted by atomic mass is 16.4. The molecule has 0 amide bonds. The second kappa shape index (κ2) is 5.06. The Hall–Kier alpha value is -1.38. The number of hydrogen-bond acceptors (Lipinski definition) is 2. The van der Waals surface area contributed by atoms with Crippen molar-refractivity contribution in [3.8, 4) is 0 Å². The van der Waals surface area contributed by atoms with Gasteiger partial charge in [-0.05, 0) is 69.3 Å². The Labute approximate surface area is 138 Å². The molecule has 0 saturated heterocycles. The average molecular weight is 316 g/mol. The molecule has 2 fully saturated rings. The van der Waals surface area contributed by atoms with Crippen LogP contribution in [0, 0.1) is 28.1 Å². The van der Waals surface area contributed by atoms with Crippen LogP contribution < -0.4 is 0 Å². The van der Waals surface area contributed by atoms with E-state index in [1.807, 2.05) is 19.9 Å². The van der Waals surface area contributed by atoms with Gasteiger partial charge in [0.1, 0.15) is 0 Å². The van der Waals surface area contributed by atoms with E-state index < -0.39 is 16.8 Å². The average Bonchev–Trinajstić information content (AvgIpc) is 2.49. The molecule has 0 heterocycles. The van der Waals surface area contributed by atoms with Crippen molar-refractivity contribution < 1.29 is 14.7 Å². The van der Waals surface area contributed by atoms with Gasteiger partial charge in [0, 0.05) is 5.41 Å². The lowest BCUT2D eigenvalue weighted by Crippen LogP contribution is -2.53. The molecule has 1 N–H and O–H groups in total. The van der Waals surface area contributed by atoms with E-state index in [0.717, 1.165) is 38.5 Å². The van der Waals surface area contributed by atoms with Crippen LogP contribution in [0.25, 0.3) is 0 Å². The molecule has 5 atom stereocenters. The second-order valence-electron chi connectivity index (χ2n) is 8.61. The van der Waals surface area contributed by atoms with E-state index >= 15 is 0 Å². The molecule has 3 heteroatoms. The van der Waals surface area contributed by atoms with Crippen LogP contribution in [0.5, 0.6) is 0 Å². The van der Waals surface area contributed by atoms with Gasteiger partial charge in [0.25, 0.3) is 0 Å². The number of hydrogen-bond donors (Lipinski definition) is 1. The number of carbonyl (C=O) groups is 2. The fourth-order valence-corrected chi connectivity index (χ4v) is 5.70. The predicted molar refractivity (Wildman–Crippen MR) is 89.9 cm³/mol. The highest BCUT2D eigenvalue weighted by Crippen LogP contribution is 2.63. The summed E-state index contributed by atoms with van der Waals surface area (Å²) >= 11 is 0. The first kappa shape index (κ1) is 16.5. The molecule has 3 nitrogen and oxygen atoms in total. The van der Waals surface area contributed by atoms with Gasteiger partial charge in [-0.1, -0.05) is 25.0 Å². The zero-order valence-electron chi connectivity index (χ0n) is 14.5. The van der Waals surface area contributed by atoms with Crippen molar-refractivity contribution in [1.82, 2.24) is 0 Å². The molecule has 23 heavy (non-hydrogen) atoms. The highest BCUT2D eigenvalue weighted by Gasteiger charge is 2.58. The number of fused-ring (bicyclic) bond motifs is 3. The van der Waals surface area contributed by atoms with Crippen LogP contribution >= 0.6 is 0 Å². The molecular weight excluding hydrogens is 288 g/mol. The normalized spacial score (nSPS) is 46.4. The second-order valence-corrected chi connectivity index (χ2v) is 8.61. The Balaban J connectivity index is 2.06. The van der Waals surface area contributed by atoms with Crippen molar-refractivity contribution in [3.63, 3.8) is 0 Å². The first-order valence-corrected chi connectivity index (χ1v) is 8.81. The van der Waals surface area contributed by atoms with Crippen molar-refractivity contribution in [2.75, 3.05) is 0 Å². The third kappa shape index (κ3) is 2.15. The van der Waals surface area contributed by atoms with E-state index in [1.165, 1.54) is 5.57 Å². The summed E-state index contributed by atoms with van der Waals surface area (Å²) < 4.78 is 0. The summed E-state index contributed by atoms with van der Waals surface area (Å²) in [7, 11) is 0. The number of carboxylic acid groups (broad SMARTS) is 1. The minimum atomic E-state index is -0.675. The van der Waals surface area contributed by atoms with Gasteiger partial charge in [0.05, 0.1) is 5.41 Å². The number of aliphatic carboxylic acids is 1. The zero-order valence-corrected chi connectivity index (χ0v) is 14.5. The molecule has 0 aromatic rings. The Kier molecular flexibility index (Phi) is 3.62. The molecule has 0 unspecified atom stereocenters. The largest absolute Gasteiger partial charge is 0.481 e. The molecule has 3 aliphatic rings. The summed E-state index contributed by atoms with van der Waals surface area (Å²) in [5.41, 5.74) is -0.0411.